The van der Waals surface area contributed by atoms with Gasteiger partial charge in [-0.3, -0.25) is 0 Å². The van der Waals surface area contributed by atoms with E-state index < -0.39 is 6.10 Å². The Kier molecular flexibility index (Phi) is 2.93. The summed E-state index contributed by atoms with van der Waals surface area (Å²) in [6.45, 7) is 1.37. The molecule has 1 aliphatic rings. The van der Waals surface area contributed by atoms with Gasteiger partial charge in [0.05, 0.1) is 23.8 Å². The minimum absolute atomic E-state index is 0.619. The first-order valence-corrected chi connectivity index (χ1v) is 6.45. The maximum atomic E-state index is 10.2. The van der Waals surface area contributed by atoms with Crippen molar-refractivity contribution in [2.24, 2.45) is 0 Å². The highest BCUT2D eigenvalue weighted by Gasteiger charge is 2.20. The summed E-state index contributed by atoms with van der Waals surface area (Å²) in [5.41, 5.74) is 1.98. The second-order valence-corrected chi connectivity index (χ2v) is 5.15. The van der Waals surface area contributed by atoms with Crippen LogP contribution in [-0.4, -0.2) is 16.7 Å². The monoisotopic (exact) mass is 247 g/mol. The average Bonchev–Trinajstić information content (AvgIpc) is 2.82. The lowest BCUT2D eigenvalue weighted by atomic mass is 10.1. The van der Waals surface area contributed by atoms with E-state index in [9.17, 15) is 5.11 Å². The van der Waals surface area contributed by atoms with Crippen molar-refractivity contribution in [3.63, 3.8) is 0 Å². The van der Waals surface area contributed by atoms with Gasteiger partial charge < -0.3 is 9.84 Å². The molecule has 3 nitrogen and oxygen atoms in total. The van der Waals surface area contributed by atoms with Gasteiger partial charge in [-0.25, -0.2) is 4.98 Å². The largest absolute Gasteiger partial charge is 0.381 e. The summed E-state index contributed by atoms with van der Waals surface area (Å²) in [4.78, 5) is 5.67. The molecule has 0 saturated heterocycles. The Morgan fingerprint density at radius 1 is 1.29 bits per heavy atom. The molecule has 3 rings (SSSR count). The van der Waals surface area contributed by atoms with E-state index in [0.29, 0.717) is 6.61 Å². The maximum Gasteiger partial charge on any atom is 0.131 e. The predicted molar refractivity (Wildman–Crippen MR) is 66.0 cm³/mol. The van der Waals surface area contributed by atoms with Crippen LogP contribution >= 0.6 is 11.3 Å². The molecule has 88 valence electrons. The van der Waals surface area contributed by atoms with Gasteiger partial charge >= 0.3 is 0 Å². The molecule has 0 spiro atoms. The van der Waals surface area contributed by atoms with Crippen LogP contribution in [0.1, 0.15) is 27.2 Å². The second kappa shape index (κ2) is 4.56. The van der Waals surface area contributed by atoms with Gasteiger partial charge in [-0.1, -0.05) is 30.3 Å². The summed E-state index contributed by atoms with van der Waals surface area (Å²) in [5, 5.41) is 11.0. The smallest absolute Gasteiger partial charge is 0.131 e. The minimum atomic E-state index is -0.619. The van der Waals surface area contributed by atoms with Crippen molar-refractivity contribution in [2.45, 2.75) is 19.1 Å². The third-order valence-electron chi connectivity index (χ3n) is 2.86. The van der Waals surface area contributed by atoms with Crippen LogP contribution in [-0.2, 0) is 17.8 Å². The lowest BCUT2D eigenvalue weighted by Crippen LogP contribution is -2.07. The van der Waals surface area contributed by atoms with Gasteiger partial charge in [-0.15, -0.1) is 11.3 Å². The Labute approximate surface area is 104 Å². The van der Waals surface area contributed by atoms with E-state index in [1.165, 1.54) is 0 Å². The van der Waals surface area contributed by atoms with E-state index in [-0.39, 0.29) is 0 Å². The average molecular weight is 247 g/mol. The number of aromatic nitrogens is 1. The summed E-state index contributed by atoms with van der Waals surface area (Å²) in [7, 11) is 0. The van der Waals surface area contributed by atoms with Crippen LogP contribution in [0.3, 0.4) is 0 Å². The Balaban J connectivity index is 1.91. The van der Waals surface area contributed by atoms with Crippen LogP contribution in [0.5, 0.6) is 0 Å². The first-order chi connectivity index (χ1) is 8.34. The van der Waals surface area contributed by atoms with Crippen molar-refractivity contribution in [3.8, 4) is 0 Å². The zero-order valence-corrected chi connectivity index (χ0v) is 10.1. The number of rotatable bonds is 2. The maximum absolute atomic E-state index is 10.2. The van der Waals surface area contributed by atoms with E-state index in [1.807, 2.05) is 30.3 Å². The number of ether oxygens (including phenoxy) is 1. The Bertz CT molecular complexity index is 486. The molecule has 1 aromatic heterocycles. The van der Waals surface area contributed by atoms with Crippen LogP contribution in [0.25, 0.3) is 0 Å². The molecule has 0 fully saturated rings. The van der Waals surface area contributed by atoms with Crippen LogP contribution in [0.4, 0.5) is 0 Å². The van der Waals surface area contributed by atoms with Crippen molar-refractivity contribution < 1.29 is 9.84 Å². The molecular formula is C13H13NO2S. The molecule has 0 bridgehead atoms. The number of benzene rings is 1. The zero-order valence-electron chi connectivity index (χ0n) is 9.30. The number of aliphatic hydroxyl groups excluding tert-OH is 1. The van der Waals surface area contributed by atoms with Gasteiger partial charge in [0, 0.05) is 6.42 Å². The third-order valence-corrected chi connectivity index (χ3v) is 3.98. The Hall–Kier alpha value is -1.23. The number of hydrogen-bond acceptors (Lipinski definition) is 4. The van der Waals surface area contributed by atoms with Gasteiger partial charge in [-0.05, 0) is 5.56 Å². The third kappa shape index (κ3) is 2.11. The van der Waals surface area contributed by atoms with E-state index in [2.05, 4.69) is 4.98 Å². The topological polar surface area (TPSA) is 42.4 Å². The quantitative estimate of drug-likeness (QED) is 0.885. The van der Waals surface area contributed by atoms with Crippen molar-refractivity contribution in [3.05, 3.63) is 51.5 Å². The molecule has 0 amide bonds. The van der Waals surface area contributed by atoms with E-state index in [1.54, 1.807) is 11.3 Å². The highest BCUT2D eigenvalue weighted by Crippen LogP contribution is 2.30. The SMILES string of the molecule is OC(c1ccccc1)c1nc2c(s1)COCC2. The van der Waals surface area contributed by atoms with E-state index >= 15 is 0 Å². The molecule has 1 aliphatic heterocycles. The molecule has 17 heavy (non-hydrogen) atoms. The van der Waals surface area contributed by atoms with Crippen molar-refractivity contribution >= 4 is 11.3 Å². The molecule has 0 saturated carbocycles. The molecule has 1 atom stereocenters. The van der Waals surface area contributed by atoms with Gasteiger partial charge in [-0.2, -0.15) is 0 Å². The molecular weight excluding hydrogens is 234 g/mol. The number of fused-ring (bicyclic) bond motifs is 1. The fourth-order valence-electron chi connectivity index (χ4n) is 1.94. The molecule has 0 aliphatic carbocycles. The Morgan fingerprint density at radius 2 is 2.12 bits per heavy atom. The molecule has 1 N–H and O–H groups in total. The summed E-state index contributed by atoms with van der Waals surface area (Å²) in [6.07, 6.45) is 0.236. The lowest BCUT2D eigenvalue weighted by molar-refractivity contribution is 0.112. The van der Waals surface area contributed by atoms with Crippen LogP contribution in [0.2, 0.25) is 0 Å². The Morgan fingerprint density at radius 3 is 2.88 bits per heavy atom. The first-order valence-electron chi connectivity index (χ1n) is 5.64. The molecule has 2 aromatic rings. The summed E-state index contributed by atoms with van der Waals surface area (Å²) in [6, 6.07) is 9.63. The van der Waals surface area contributed by atoms with Crippen molar-refractivity contribution in [2.75, 3.05) is 6.61 Å². The minimum Gasteiger partial charge on any atom is -0.381 e. The van der Waals surface area contributed by atoms with E-state index in [0.717, 1.165) is 34.2 Å². The molecule has 4 heteroatoms. The van der Waals surface area contributed by atoms with Crippen molar-refractivity contribution in [1.82, 2.24) is 4.98 Å². The summed E-state index contributed by atoms with van der Waals surface area (Å²) >= 11 is 1.55. The summed E-state index contributed by atoms with van der Waals surface area (Å²) in [5.74, 6) is 0. The summed E-state index contributed by atoms with van der Waals surface area (Å²) < 4.78 is 5.38. The van der Waals surface area contributed by atoms with Crippen LogP contribution in [0, 0.1) is 0 Å². The predicted octanol–water partition coefficient (Wildman–Crippen LogP) is 2.30. The standard InChI is InChI=1S/C13H13NO2S/c15-12(9-4-2-1-3-5-9)13-14-10-6-7-16-8-11(10)17-13/h1-5,12,15H,6-8H2. The molecule has 2 heterocycles. The van der Waals surface area contributed by atoms with Crippen molar-refractivity contribution in [1.29, 1.82) is 0 Å². The fraction of sp³-hybridized carbons (Fsp3) is 0.308. The second-order valence-electron chi connectivity index (χ2n) is 4.04. The number of hydrogen-bond donors (Lipinski definition) is 1. The molecule has 1 unspecified atom stereocenters. The van der Waals surface area contributed by atoms with Gasteiger partial charge in [0.25, 0.3) is 0 Å². The van der Waals surface area contributed by atoms with Crippen LogP contribution < -0.4 is 0 Å². The highest BCUT2D eigenvalue weighted by molar-refractivity contribution is 7.11. The lowest BCUT2D eigenvalue weighted by Gasteiger charge is -2.08. The normalized spacial score (nSPS) is 16.5. The fourth-order valence-corrected chi connectivity index (χ4v) is 3.00. The first kappa shape index (κ1) is 10.9. The van der Waals surface area contributed by atoms with Crippen LogP contribution in [0.15, 0.2) is 30.3 Å². The van der Waals surface area contributed by atoms with E-state index in [4.69, 9.17) is 4.74 Å². The number of nitrogens with zero attached hydrogens (tertiary/aromatic N) is 1. The van der Waals surface area contributed by atoms with Gasteiger partial charge in [0.1, 0.15) is 11.1 Å². The van der Waals surface area contributed by atoms with Gasteiger partial charge in [0.2, 0.25) is 0 Å². The number of thiazole rings is 1. The van der Waals surface area contributed by atoms with Gasteiger partial charge in [0.15, 0.2) is 0 Å². The zero-order chi connectivity index (χ0) is 11.7. The number of aliphatic hydroxyl groups is 1. The highest BCUT2D eigenvalue weighted by atomic mass is 32.1. The molecule has 1 aromatic carbocycles. The molecule has 0 radical (unpaired) electrons.